The number of hydrogen-bond donors (Lipinski definition) is 1. The largest absolute Gasteiger partial charge is 0.463 e. The van der Waals surface area contributed by atoms with Gasteiger partial charge in [0.25, 0.3) is 5.91 Å². The van der Waals surface area contributed by atoms with Crippen molar-refractivity contribution in [2.24, 2.45) is 5.10 Å². The zero-order chi connectivity index (χ0) is 12.1. The maximum absolute atomic E-state index is 11.6. The molecule has 0 aliphatic carbocycles. The van der Waals surface area contributed by atoms with Crippen LogP contribution in [0.25, 0.3) is 0 Å². The Morgan fingerprint density at radius 1 is 1.35 bits per heavy atom. The molecule has 0 fully saturated rings. The van der Waals surface area contributed by atoms with E-state index in [2.05, 4.69) is 15.5 Å². The fourth-order valence-corrected chi connectivity index (χ4v) is 1.24. The lowest BCUT2D eigenvalue weighted by Gasteiger charge is -2.00. The molecular formula is C12H11N3O2. The fraction of sp³-hybridized carbons (Fsp3) is 0.0833. The second-order valence-electron chi connectivity index (χ2n) is 3.35. The van der Waals surface area contributed by atoms with Crippen molar-refractivity contribution in [2.45, 2.75) is 6.92 Å². The van der Waals surface area contributed by atoms with Gasteiger partial charge in [-0.3, -0.25) is 9.78 Å². The van der Waals surface area contributed by atoms with Gasteiger partial charge in [-0.15, -0.1) is 0 Å². The van der Waals surface area contributed by atoms with Crippen LogP contribution in [0.3, 0.4) is 0 Å². The Kier molecular flexibility index (Phi) is 3.30. The van der Waals surface area contributed by atoms with Crippen LogP contribution in [-0.4, -0.2) is 16.6 Å². The normalized spacial score (nSPS) is 11.2. The number of carbonyl (C=O) groups is 1. The average Bonchev–Trinajstić information content (AvgIpc) is 2.90. The van der Waals surface area contributed by atoms with Crippen molar-refractivity contribution < 1.29 is 9.21 Å². The number of hydrazone groups is 1. The third kappa shape index (κ3) is 2.78. The first-order chi connectivity index (χ1) is 8.27. The topological polar surface area (TPSA) is 67.5 Å². The van der Waals surface area contributed by atoms with E-state index >= 15 is 0 Å². The quantitative estimate of drug-likeness (QED) is 0.644. The molecule has 2 aromatic heterocycles. The van der Waals surface area contributed by atoms with E-state index < -0.39 is 0 Å². The molecular weight excluding hydrogens is 218 g/mol. The molecule has 86 valence electrons. The van der Waals surface area contributed by atoms with E-state index in [1.807, 2.05) is 0 Å². The van der Waals surface area contributed by atoms with Gasteiger partial charge in [-0.05, 0) is 31.2 Å². The van der Waals surface area contributed by atoms with Crippen LogP contribution in [0, 0.1) is 0 Å². The molecule has 0 bridgehead atoms. The summed E-state index contributed by atoms with van der Waals surface area (Å²) in [6, 6.07) is 6.77. The Bertz CT molecular complexity index is 518. The Hall–Kier alpha value is -2.43. The van der Waals surface area contributed by atoms with Gasteiger partial charge in [-0.25, -0.2) is 5.43 Å². The lowest BCUT2D eigenvalue weighted by atomic mass is 10.2. The summed E-state index contributed by atoms with van der Waals surface area (Å²) in [5.41, 5.74) is 3.57. The van der Waals surface area contributed by atoms with Crippen LogP contribution in [0.5, 0.6) is 0 Å². The summed E-state index contributed by atoms with van der Waals surface area (Å²) in [4.78, 5) is 15.5. The molecule has 0 atom stereocenters. The number of nitrogens with zero attached hydrogens (tertiary/aromatic N) is 2. The van der Waals surface area contributed by atoms with Crippen LogP contribution in [0.2, 0.25) is 0 Å². The number of furan rings is 1. The molecule has 0 saturated carbocycles. The summed E-state index contributed by atoms with van der Waals surface area (Å²) in [6.45, 7) is 1.76. The third-order valence-corrected chi connectivity index (χ3v) is 2.15. The first kappa shape index (κ1) is 11.1. The molecule has 0 aromatic carbocycles. The highest BCUT2D eigenvalue weighted by Crippen LogP contribution is 2.01. The SMILES string of the molecule is C/C(=N/NC(=O)c1ccncc1)c1ccco1. The fourth-order valence-electron chi connectivity index (χ4n) is 1.24. The second-order valence-corrected chi connectivity index (χ2v) is 3.35. The second kappa shape index (κ2) is 5.07. The highest BCUT2D eigenvalue weighted by Gasteiger charge is 2.04. The maximum Gasteiger partial charge on any atom is 0.271 e. The Morgan fingerprint density at radius 3 is 2.76 bits per heavy atom. The van der Waals surface area contributed by atoms with E-state index in [9.17, 15) is 4.79 Å². The molecule has 17 heavy (non-hydrogen) atoms. The molecule has 2 aromatic rings. The summed E-state index contributed by atoms with van der Waals surface area (Å²) >= 11 is 0. The van der Waals surface area contributed by atoms with Gasteiger partial charge in [0.15, 0.2) is 0 Å². The van der Waals surface area contributed by atoms with Gasteiger partial charge >= 0.3 is 0 Å². The summed E-state index contributed by atoms with van der Waals surface area (Å²) in [7, 11) is 0. The number of rotatable bonds is 3. The summed E-state index contributed by atoms with van der Waals surface area (Å²) in [5, 5.41) is 3.95. The van der Waals surface area contributed by atoms with Crippen LogP contribution in [-0.2, 0) is 0 Å². The van der Waals surface area contributed by atoms with Crippen LogP contribution in [0.15, 0.2) is 52.4 Å². The van der Waals surface area contributed by atoms with Crippen molar-refractivity contribution in [2.75, 3.05) is 0 Å². The van der Waals surface area contributed by atoms with E-state index in [-0.39, 0.29) is 5.91 Å². The number of carbonyl (C=O) groups excluding carboxylic acids is 1. The van der Waals surface area contributed by atoms with Gasteiger partial charge in [0, 0.05) is 18.0 Å². The molecule has 0 aliphatic rings. The molecule has 0 radical (unpaired) electrons. The molecule has 0 spiro atoms. The minimum Gasteiger partial charge on any atom is -0.463 e. The van der Waals surface area contributed by atoms with Gasteiger partial charge in [-0.2, -0.15) is 5.10 Å². The van der Waals surface area contributed by atoms with Crippen molar-refractivity contribution in [1.82, 2.24) is 10.4 Å². The first-order valence-electron chi connectivity index (χ1n) is 5.06. The van der Waals surface area contributed by atoms with Crippen molar-refractivity contribution in [3.05, 3.63) is 54.2 Å². The van der Waals surface area contributed by atoms with E-state index in [1.54, 1.807) is 49.8 Å². The predicted octanol–water partition coefficient (Wildman–Crippen LogP) is 1.83. The number of aromatic nitrogens is 1. The van der Waals surface area contributed by atoms with E-state index in [1.165, 1.54) is 0 Å². The lowest BCUT2D eigenvalue weighted by molar-refractivity contribution is 0.0954. The number of nitrogens with one attached hydrogen (secondary N) is 1. The number of pyridine rings is 1. The molecule has 1 N–H and O–H groups in total. The molecule has 5 heteroatoms. The molecule has 2 heterocycles. The van der Waals surface area contributed by atoms with Crippen molar-refractivity contribution in [3.8, 4) is 0 Å². The summed E-state index contributed by atoms with van der Waals surface area (Å²) < 4.78 is 5.14. The zero-order valence-electron chi connectivity index (χ0n) is 9.25. The monoisotopic (exact) mass is 229 g/mol. The minimum absolute atomic E-state index is 0.279. The first-order valence-corrected chi connectivity index (χ1v) is 5.06. The van der Waals surface area contributed by atoms with Crippen molar-refractivity contribution in [1.29, 1.82) is 0 Å². The van der Waals surface area contributed by atoms with Gasteiger partial charge < -0.3 is 4.42 Å². The average molecular weight is 229 g/mol. The third-order valence-electron chi connectivity index (χ3n) is 2.15. The van der Waals surface area contributed by atoms with E-state index in [4.69, 9.17) is 4.42 Å². The minimum atomic E-state index is -0.279. The Labute approximate surface area is 98.2 Å². The Balaban J connectivity index is 2.04. The lowest BCUT2D eigenvalue weighted by Crippen LogP contribution is -2.19. The van der Waals surface area contributed by atoms with Crippen molar-refractivity contribution >= 4 is 11.6 Å². The number of amides is 1. The standard InChI is InChI=1S/C12H11N3O2/c1-9(11-3-2-8-17-11)14-15-12(16)10-4-6-13-7-5-10/h2-8H,1H3,(H,15,16)/b14-9-. The smallest absolute Gasteiger partial charge is 0.271 e. The van der Waals surface area contributed by atoms with Gasteiger partial charge in [0.05, 0.1) is 6.26 Å². The molecule has 1 amide bonds. The molecule has 0 saturated heterocycles. The highest BCUT2D eigenvalue weighted by molar-refractivity contribution is 5.99. The van der Waals surface area contributed by atoms with Crippen LogP contribution < -0.4 is 5.43 Å². The van der Waals surface area contributed by atoms with E-state index in [0.717, 1.165) is 0 Å². The van der Waals surface area contributed by atoms with E-state index in [0.29, 0.717) is 17.0 Å². The van der Waals surface area contributed by atoms with Crippen LogP contribution in [0.4, 0.5) is 0 Å². The zero-order valence-corrected chi connectivity index (χ0v) is 9.25. The Morgan fingerprint density at radius 2 is 2.12 bits per heavy atom. The summed E-state index contributed by atoms with van der Waals surface area (Å²) in [6.07, 6.45) is 4.66. The molecule has 2 rings (SSSR count). The van der Waals surface area contributed by atoms with Gasteiger partial charge in [0.1, 0.15) is 11.5 Å². The molecule has 0 aliphatic heterocycles. The van der Waals surface area contributed by atoms with Gasteiger partial charge in [-0.1, -0.05) is 0 Å². The predicted molar refractivity (Wildman–Crippen MR) is 62.6 cm³/mol. The molecule has 5 nitrogen and oxygen atoms in total. The summed E-state index contributed by atoms with van der Waals surface area (Å²) in [5.74, 6) is 0.346. The van der Waals surface area contributed by atoms with Crippen molar-refractivity contribution in [3.63, 3.8) is 0 Å². The highest BCUT2D eigenvalue weighted by atomic mass is 16.3. The maximum atomic E-state index is 11.6. The molecule has 0 unspecified atom stereocenters. The van der Waals surface area contributed by atoms with Gasteiger partial charge in [0.2, 0.25) is 0 Å². The van der Waals surface area contributed by atoms with Crippen LogP contribution >= 0.6 is 0 Å². The van der Waals surface area contributed by atoms with Crippen LogP contribution in [0.1, 0.15) is 23.0 Å². The number of hydrogen-bond acceptors (Lipinski definition) is 4.